The summed E-state index contributed by atoms with van der Waals surface area (Å²) in [6.45, 7) is 2.24. The van der Waals surface area contributed by atoms with Crippen molar-refractivity contribution in [1.29, 1.82) is 0 Å². The van der Waals surface area contributed by atoms with Crippen molar-refractivity contribution in [3.63, 3.8) is 0 Å². The third-order valence-electron chi connectivity index (χ3n) is 3.94. The number of nitrogens with zero attached hydrogens (tertiary/aromatic N) is 1. The second-order valence-corrected chi connectivity index (χ2v) is 8.20. The number of urea groups is 1. The fourth-order valence-corrected chi connectivity index (χ4v) is 5.39. The van der Waals surface area contributed by atoms with Crippen LogP contribution in [0.5, 0.6) is 0 Å². The summed E-state index contributed by atoms with van der Waals surface area (Å²) in [4.78, 5) is 24.7. The van der Waals surface area contributed by atoms with Crippen LogP contribution in [0.4, 0.5) is 4.79 Å². The van der Waals surface area contributed by atoms with E-state index in [1.165, 1.54) is 11.5 Å². The van der Waals surface area contributed by atoms with Crippen LogP contribution in [0.15, 0.2) is 0 Å². The molecule has 0 aromatic rings. The lowest BCUT2D eigenvalue weighted by molar-refractivity contribution is -0.137. The molecule has 2 amide bonds. The Morgan fingerprint density at radius 2 is 2.19 bits per heavy atom. The average molecular weight is 332 g/mol. The molecule has 2 atom stereocenters. The zero-order valence-electron chi connectivity index (χ0n) is 12.3. The Balaban J connectivity index is 1.69. The Hall–Kier alpha value is -0.560. The molecule has 0 aliphatic carbocycles. The van der Waals surface area contributed by atoms with E-state index in [9.17, 15) is 9.59 Å². The second-order valence-electron chi connectivity index (χ2n) is 5.64. The Labute approximate surface area is 134 Å². The quantitative estimate of drug-likeness (QED) is 0.807. The third-order valence-corrected chi connectivity index (χ3v) is 6.78. The molecule has 21 heavy (non-hydrogen) atoms. The van der Waals surface area contributed by atoms with Gasteiger partial charge in [-0.3, -0.25) is 4.79 Å². The van der Waals surface area contributed by atoms with Gasteiger partial charge in [-0.1, -0.05) is 0 Å². The Morgan fingerprint density at radius 3 is 2.90 bits per heavy atom. The molecule has 2 aliphatic rings. The molecule has 2 unspecified atom stereocenters. The van der Waals surface area contributed by atoms with Crippen molar-refractivity contribution in [2.75, 3.05) is 36.9 Å². The van der Waals surface area contributed by atoms with Crippen molar-refractivity contribution >= 4 is 35.5 Å². The van der Waals surface area contributed by atoms with Crippen LogP contribution in [0.25, 0.3) is 0 Å². The lowest BCUT2D eigenvalue weighted by Crippen LogP contribution is -2.47. The maximum absolute atomic E-state index is 12.2. The summed E-state index contributed by atoms with van der Waals surface area (Å²) in [7, 11) is 0. The van der Waals surface area contributed by atoms with Gasteiger partial charge in [-0.2, -0.15) is 23.5 Å². The van der Waals surface area contributed by atoms with Crippen molar-refractivity contribution in [2.45, 2.75) is 30.9 Å². The number of hydrogen-bond donors (Lipinski definition) is 2. The molecule has 2 N–H and O–H groups in total. The minimum Gasteiger partial charge on any atom is -0.481 e. The summed E-state index contributed by atoms with van der Waals surface area (Å²) in [6.07, 6.45) is 2.89. The first-order chi connectivity index (χ1) is 10.1. The SMILES string of the molecule is O=C(O)CCC1CCCN(C(=O)NCC2CSCCS2)C1. The van der Waals surface area contributed by atoms with Crippen LogP contribution in [0.1, 0.15) is 25.7 Å². The number of carbonyl (C=O) groups is 2. The molecular formula is C14H24N2O3S2. The highest BCUT2D eigenvalue weighted by atomic mass is 32.2. The van der Waals surface area contributed by atoms with E-state index < -0.39 is 5.97 Å². The molecule has 2 aliphatic heterocycles. The molecule has 2 saturated heterocycles. The maximum Gasteiger partial charge on any atom is 0.317 e. The van der Waals surface area contributed by atoms with Crippen LogP contribution in [-0.2, 0) is 4.79 Å². The smallest absolute Gasteiger partial charge is 0.317 e. The van der Waals surface area contributed by atoms with Crippen molar-refractivity contribution in [3.05, 3.63) is 0 Å². The monoisotopic (exact) mass is 332 g/mol. The van der Waals surface area contributed by atoms with E-state index in [1.54, 1.807) is 0 Å². The summed E-state index contributed by atoms with van der Waals surface area (Å²) in [5.41, 5.74) is 0. The number of likely N-dealkylation sites (tertiary alicyclic amines) is 1. The van der Waals surface area contributed by atoms with Gasteiger partial charge in [0.2, 0.25) is 0 Å². The minimum absolute atomic E-state index is 0.0196. The van der Waals surface area contributed by atoms with Crippen molar-refractivity contribution in [1.82, 2.24) is 10.2 Å². The van der Waals surface area contributed by atoms with Gasteiger partial charge in [-0.25, -0.2) is 4.79 Å². The fraction of sp³-hybridized carbons (Fsp3) is 0.857. The number of carboxylic acid groups (broad SMARTS) is 1. The summed E-state index contributed by atoms with van der Waals surface area (Å²) >= 11 is 3.90. The molecule has 0 spiro atoms. The normalized spacial score (nSPS) is 26.4. The number of aliphatic carboxylic acids is 1. The number of rotatable bonds is 5. The van der Waals surface area contributed by atoms with Gasteiger partial charge < -0.3 is 15.3 Å². The van der Waals surface area contributed by atoms with Gasteiger partial charge in [0.05, 0.1) is 0 Å². The molecule has 0 bridgehead atoms. The number of piperidine rings is 1. The van der Waals surface area contributed by atoms with E-state index >= 15 is 0 Å². The minimum atomic E-state index is -0.747. The third kappa shape index (κ3) is 5.98. The average Bonchev–Trinajstić information content (AvgIpc) is 2.52. The Morgan fingerprint density at radius 1 is 1.33 bits per heavy atom. The van der Waals surface area contributed by atoms with Crippen LogP contribution >= 0.6 is 23.5 Å². The highest BCUT2D eigenvalue weighted by Gasteiger charge is 2.24. The van der Waals surface area contributed by atoms with Gasteiger partial charge in [0.25, 0.3) is 0 Å². The molecule has 2 heterocycles. The topological polar surface area (TPSA) is 69.6 Å². The second kappa shape index (κ2) is 8.78. The number of nitrogens with one attached hydrogen (secondary N) is 1. The van der Waals surface area contributed by atoms with E-state index in [0.29, 0.717) is 24.1 Å². The molecule has 0 aromatic carbocycles. The number of amides is 2. The fourth-order valence-electron chi connectivity index (χ4n) is 2.78. The summed E-state index contributed by atoms with van der Waals surface area (Å²) < 4.78 is 0. The van der Waals surface area contributed by atoms with Gasteiger partial charge in [0, 0.05) is 48.6 Å². The molecular weight excluding hydrogens is 308 g/mol. The zero-order valence-corrected chi connectivity index (χ0v) is 13.9. The Bertz CT molecular complexity index is 362. The number of carbonyl (C=O) groups excluding carboxylic acids is 1. The molecule has 0 saturated carbocycles. The Kier molecular flexibility index (Phi) is 7.03. The van der Waals surface area contributed by atoms with E-state index in [0.717, 1.165) is 31.7 Å². The molecule has 0 radical (unpaired) electrons. The number of hydrogen-bond acceptors (Lipinski definition) is 4. The van der Waals surface area contributed by atoms with Crippen molar-refractivity contribution in [3.8, 4) is 0 Å². The van der Waals surface area contributed by atoms with Crippen molar-refractivity contribution in [2.24, 2.45) is 5.92 Å². The van der Waals surface area contributed by atoms with E-state index in [4.69, 9.17) is 5.11 Å². The van der Waals surface area contributed by atoms with E-state index in [-0.39, 0.29) is 12.5 Å². The highest BCUT2D eigenvalue weighted by molar-refractivity contribution is 8.06. The van der Waals surface area contributed by atoms with Gasteiger partial charge in [0.1, 0.15) is 0 Å². The van der Waals surface area contributed by atoms with Gasteiger partial charge in [0.15, 0.2) is 0 Å². The lowest BCUT2D eigenvalue weighted by Gasteiger charge is -2.33. The van der Waals surface area contributed by atoms with Crippen molar-refractivity contribution < 1.29 is 14.7 Å². The van der Waals surface area contributed by atoms with Crippen LogP contribution in [0.2, 0.25) is 0 Å². The van der Waals surface area contributed by atoms with Crippen LogP contribution < -0.4 is 5.32 Å². The van der Waals surface area contributed by atoms with E-state index in [2.05, 4.69) is 5.32 Å². The zero-order chi connectivity index (χ0) is 15.1. The largest absolute Gasteiger partial charge is 0.481 e. The van der Waals surface area contributed by atoms with E-state index in [1.807, 2.05) is 28.4 Å². The molecule has 2 rings (SSSR count). The lowest BCUT2D eigenvalue weighted by atomic mass is 9.93. The first-order valence-electron chi connectivity index (χ1n) is 7.59. The molecule has 5 nitrogen and oxygen atoms in total. The van der Waals surface area contributed by atoms with Gasteiger partial charge >= 0.3 is 12.0 Å². The standard InChI is InChI=1S/C14H24N2O3S2/c17-13(18)4-3-11-2-1-5-16(9-11)14(19)15-8-12-10-20-6-7-21-12/h11-12H,1-10H2,(H,15,19)(H,17,18). The predicted molar refractivity (Wildman–Crippen MR) is 88.1 cm³/mol. The maximum atomic E-state index is 12.2. The first-order valence-corrected chi connectivity index (χ1v) is 9.79. The van der Waals surface area contributed by atoms with Crippen LogP contribution in [-0.4, -0.2) is 64.1 Å². The molecule has 2 fully saturated rings. The molecule has 7 heteroatoms. The van der Waals surface area contributed by atoms with Crippen LogP contribution in [0, 0.1) is 5.92 Å². The van der Waals surface area contributed by atoms with Gasteiger partial charge in [-0.15, -0.1) is 0 Å². The summed E-state index contributed by atoms with van der Waals surface area (Å²) in [5.74, 6) is 3.09. The molecule has 0 aromatic heterocycles. The number of carboxylic acids is 1. The number of thioether (sulfide) groups is 2. The van der Waals surface area contributed by atoms with Gasteiger partial charge in [-0.05, 0) is 25.2 Å². The first kappa shape index (κ1) is 16.8. The van der Waals surface area contributed by atoms with Crippen LogP contribution in [0.3, 0.4) is 0 Å². The predicted octanol–water partition coefficient (Wildman–Crippen LogP) is 2.12. The summed E-state index contributed by atoms with van der Waals surface area (Å²) in [5, 5.41) is 12.3. The highest BCUT2D eigenvalue weighted by Crippen LogP contribution is 2.24. The molecule has 120 valence electrons. The summed E-state index contributed by atoms with van der Waals surface area (Å²) in [6, 6.07) is 0.0196.